The molecule has 0 N–H and O–H groups in total. The number of allylic oxidation sites excluding steroid dienone is 2. The molecular formula is C17H16N2O3. The van der Waals surface area contributed by atoms with Crippen molar-refractivity contribution in [3.63, 3.8) is 0 Å². The molecule has 0 amide bonds. The second-order valence-corrected chi connectivity index (χ2v) is 5.87. The summed E-state index contributed by atoms with van der Waals surface area (Å²) in [5, 5.41) is 0.847. The van der Waals surface area contributed by atoms with Gasteiger partial charge < -0.3 is 0 Å². The van der Waals surface area contributed by atoms with Crippen LogP contribution in [0.2, 0.25) is 0 Å². The Kier molecular flexibility index (Phi) is 2.73. The van der Waals surface area contributed by atoms with E-state index >= 15 is 0 Å². The van der Waals surface area contributed by atoms with Gasteiger partial charge in [0.05, 0.1) is 22.5 Å². The molecule has 1 aromatic heterocycles. The molecule has 112 valence electrons. The fraction of sp³-hybridized carbons (Fsp3) is 0.353. The molecule has 0 saturated carbocycles. The highest BCUT2D eigenvalue weighted by Gasteiger charge is 2.37. The number of rotatable bonds is 1. The van der Waals surface area contributed by atoms with E-state index in [4.69, 9.17) is 0 Å². The minimum atomic E-state index is -0.312. The summed E-state index contributed by atoms with van der Waals surface area (Å²) >= 11 is 0. The molecule has 0 spiro atoms. The molecule has 4 rings (SSSR count). The molecule has 0 radical (unpaired) electrons. The third-order valence-corrected chi connectivity index (χ3v) is 4.70. The van der Waals surface area contributed by atoms with E-state index in [-0.39, 0.29) is 22.9 Å². The number of aromatic nitrogens is 2. The van der Waals surface area contributed by atoms with Crippen molar-refractivity contribution in [1.29, 1.82) is 0 Å². The molecule has 2 aromatic rings. The highest BCUT2D eigenvalue weighted by atomic mass is 16.2. The average Bonchev–Trinajstić information content (AvgIpc) is 2.88. The second kappa shape index (κ2) is 4.53. The normalized spacial score (nSPS) is 20.4. The summed E-state index contributed by atoms with van der Waals surface area (Å²) in [5.41, 5.74) is 1.01. The van der Waals surface area contributed by atoms with Gasteiger partial charge in [-0.3, -0.25) is 14.4 Å². The Balaban J connectivity index is 2.18. The third kappa shape index (κ3) is 1.51. The maximum absolute atomic E-state index is 12.9. The second-order valence-electron chi connectivity index (χ2n) is 5.87. The lowest BCUT2D eigenvalue weighted by molar-refractivity contribution is -0.116. The van der Waals surface area contributed by atoms with E-state index in [1.54, 1.807) is 24.3 Å². The number of Topliss-reactive ketones (excluding diaryl/α,β-unsaturated/α-hetero) is 1. The van der Waals surface area contributed by atoms with Gasteiger partial charge in [-0.2, -0.15) is 0 Å². The maximum Gasteiger partial charge on any atom is 0.277 e. The van der Waals surface area contributed by atoms with Crippen LogP contribution in [0.4, 0.5) is 0 Å². The van der Waals surface area contributed by atoms with Crippen LogP contribution in [-0.2, 0) is 4.79 Å². The van der Waals surface area contributed by atoms with Gasteiger partial charge >= 0.3 is 0 Å². The van der Waals surface area contributed by atoms with Crippen molar-refractivity contribution in [2.75, 3.05) is 0 Å². The number of hydrogen-bond acceptors (Lipinski definition) is 3. The van der Waals surface area contributed by atoms with Gasteiger partial charge in [-0.25, -0.2) is 9.36 Å². The molecule has 1 aliphatic carbocycles. The van der Waals surface area contributed by atoms with Crippen LogP contribution in [0.1, 0.15) is 38.6 Å². The lowest BCUT2D eigenvalue weighted by Crippen LogP contribution is -2.36. The number of ketones is 1. The number of fused-ring (bicyclic) bond motifs is 3. The minimum Gasteiger partial charge on any atom is -0.294 e. The fourth-order valence-electron chi connectivity index (χ4n) is 3.76. The summed E-state index contributed by atoms with van der Waals surface area (Å²) in [6.07, 6.45) is 2.55. The molecule has 2 aliphatic rings. The van der Waals surface area contributed by atoms with Gasteiger partial charge in [-0.1, -0.05) is 19.1 Å². The maximum atomic E-state index is 12.9. The van der Waals surface area contributed by atoms with E-state index in [1.165, 1.54) is 9.36 Å². The quantitative estimate of drug-likeness (QED) is 0.809. The summed E-state index contributed by atoms with van der Waals surface area (Å²) in [4.78, 5) is 38.1. The molecule has 2 heterocycles. The Bertz CT molecular complexity index is 962. The van der Waals surface area contributed by atoms with Crippen LogP contribution in [0, 0.1) is 0 Å². The Morgan fingerprint density at radius 2 is 1.73 bits per heavy atom. The van der Waals surface area contributed by atoms with Crippen molar-refractivity contribution in [2.45, 2.75) is 38.6 Å². The van der Waals surface area contributed by atoms with Crippen LogP contribution in [0.25, 0.3) is 16.5 Å². The van der Waals surface area contributed by atoms with Crippen LogP contribution in [0.5, 0.6) is 0 Å². The molecule has 1 unspecified atom stereocenters. The van der Waals surface area contributed by atoms with Gasteiger partial charge in [0.2, 0.25) is 0 Å². The van der Waals surface area contributed by atoms with Crippen molar-refractivity contribution >= 4 is 22.3 Å². The molecule has 0 bridgehead atoms. The molecule has 1 aromatic carbocycles. The molecule has 5 nitrogen and oxygen atoms in total. The van der Waals surface area contributed by atoms with Crippen molar-refractivity contribution in [2.24, 2.45) is 0 Å². The zero-order valence-electron chi connectivity index (χ0n) is 12.3. The largest absolute Gasteiger partial charge is 0.294 e. The van der Waals surface area contributed by atoms with Crippen molar-refractivity contribution in [1.82, 2.24) is 9.36 Å². The first-order valence-corrected chi connectivity index (χ1v) is 7.68. The van der Waals surface area contributed by atoms with Crippen LogP contribution in [0.3, 0.4) is 0 Å². The van der Waals surface area contributed by atoms with Crippen molar-refractivity contribution in [3.05, 3.63) is 50.5 Å². The van der Waals surface area contributed by atoms with E-state index in [0.29, 0.717) is 35.6 Å². The standard InChI is InChI=1S/C17H16N2O3/c1-2-12-15-13(8-5-9-14(15)20)19-17(22)11-7-4-3-6-10(11)16(21)18(12)19/h3-4,6-7,12H,2,5,8-9H2,1H3. The minimum absolute atomic E-state index is 0.0761. The zero-order valence-corrected chi connectivity index (χ0v) is 12.3. The van der Waals surface area contributed by atoms with E-state index in [0.717, 1.165) is 12.1 Å². The van der Waals surface area contributed by atoms with E-state index < -0.39 is 0 Å². The smallest absolute Gasteiger partial charge is 0.277 e. The molecule has 22 heavy (non-hydrogen) atoms. The van der Waals surface area contributed by atoms with Crippen molar-refractivity contribution in [3.8, 4) is 0 Å². The molecule has 5 heteroatoms. The monoisotopic (exact) mass is 296 g/mol. The summed E-state index contributed by atoms with van der Waals surface area (Å²) in [5.74, 6) is 0.0761. The van der Waals surface area contributed by atoms with E-state index in [1.807, 2.05) is 6.92 Å². The SMILES string of the molecule is CCC1C2=C(CCCC2=O)n2c(=O)c3ccccc3c(=O)n21. The summed E-state index contributed by atoms with van der Waals surface area (Å²) < 4.78 is 2.96. The molecule has 0 fully saturated rings. The number of carbonyl (C=O) groups excluding carboxylic acids is 1. The predicted molar refractivity (Wildman–Crippen MR) is 83.9 cm³/mol. The molecule has 1 atom stereocenters. The molecular weight excluding hydrogens is 280 g/mol. The third-order valence-electron chi connectivity index (χ3n) is 4.70. The number of hydrogen-bond donors (Lipinski definition) is 0. The first-order valence-electron chi connectivity index (χ1n) is 7.68. The Morgan fingerprint density at radius 1 is 1.05 bits per heavy atom. The van der Waals surface area contributed by atoms with Crippen LogP contribution >= 0.6 is 0 Å². The van der Waals surface area contributed by atoms with Crippen LogP contribution < -0.4 is 11.1 Å². The highest BCUT2D eigenvalue weighted by molar-refractivity contribution is 6.03. The highest BCUT2D eigenvalue weighted by Crippen LogP contribution is 2.38. The lowest BCUT2D eigenvalue weighted by Gasteiger charge is -2.16. The van der Waals surface area contributed by atoms with Gasteiger partial charge in [0.25, 0.3) is 11.1 Å². The number of benzene rings is 1. The number of nitrogens with zero attached hydrogens (tertiary/aromatic N) is 2. The Morgan fingerprint density at radius 3 is 2.41 bits per heavy atom. The van der Waals surface area contributed by atoms with Gasteiger partial charge in [0.1, 0.15) is 0 Å². The molecule has 0 saturated heterocycles. The van der Waals surface area contributed by atoms with Crippen LogP contribution in [0.15, 0.2) is 39.4 Å². The van der Waals surface area contributed by atoms with Gasteiger partial charge in [0.15, 0.2) is 5.78 Å². The van der Waals surface area contributed by atoms with Gasteiger partial charge in [-0.05, 0) is 31.4 Å². The average molecular weight is 296 g/mol. The Hall–Kier alpha value is -2.43. The predicted octanol–water partition coefficient (Wildman–Crippen LogP) is 2.09. The van der Waals surface area contributed by atoms with Gasteiger partial charge in [0, 0.05) is 12.0 Å². The summed E-state index contributed by atoms with van der Waals surface area (Å²) in [6.45, 7) is 1.94. The van der Waals surface area contributed by atoms with Crippen molar-refractivity contribution < 1.29 is 4.79 Å². The first-order chi connectivity index (χ1) is 10.6. The summed E-state index contributed by atoms with van der Waals surface area (Å²) in [6, 6.07) is 6.56. The lowest BCUT2D eigenvalue weighted by atomic mass is 9.90. The summed E-state index contributed by atoms with van der Waals surface area (Å²) in [7, 11) is 0. The van der Waals surface area contributed by atoms with Crippen LogP contribution in [-0.4, -0.2) is 15.1 Å². The zero-order chi connectivity index (χ0) is 15.4. The van der Waals surface area contributed by atoms with Gasteiger partial charge in [-0.15, -0.1) is 0 Å². The first kappa shape index (κ1) is 13.2. The molecule has 1 aliphatic heterocycles. The van der Waals surface area contributed by atoms with E-state index in [2.05, 4.69) is 0 Å². The topological polar surface area (TPSA) is 61.1 Å². The van der Waals surface area contributed by atoms with E-state index in [9.17, 15) is 14.4 Å². The Labute approximate surface area is 126 Å². The number of carbonyl (C=O) groups is 1. The fourth-order valence-corrected chi connectivity index (χ4v) is 3.76.